The van der Waals surface area contributed by atoms with Crippen LogP contribution in [0.3, 0.4) is 0 Å². The molecule has 0 spiro atoms. The van der Waals surface area contributed by atoms with Crippen molar-refractivity contribution >= 4 is 11.9 Å². The lowest BCUT2D eigenvalue weighted by Crippen LogP contribution is -2.57. The molecule has 0 radical (unpaired) electrons. The normalized spacial score (nSPS) is 23.2. The molecule has 3 N–H and O–H groups in total. The molecule has 3 atom stereocenters. The Balaban J connectivity index is 2.73. The zero-order valence-corrected chi connectivity index (χ0v) is 12.8. The van der Waals surface area contributed by atoms with Crippen molar-refractivity contribution in [1.82, 2.24) is 4.90 Å². The van der Waals surface area contributed by atoms with Gasteiger partial charge in [0.05, 0.1) is 11.7 Å². The Morgan fingerprint density at radius 1 is 1.35 bits per heavy atom. The molecular weight excluding hydrogens is 260 g/mol. The van der Waals surface area contributed by atoms with Gasteiger partial charge in [0.15, 0.2) is 0 Å². The van der Waals surface area contributed by atoms with Gasteiger partial charge in [0.25, 0.3) is 0 Å². The highest BCUT2D eigenvalue weighted by molar-refractivity contribution is 5.87. The summed E-state index contributed by atoms with van der Waals surface area (Å²) in [4.78, 5) is 25.0. The van der Waals surface area contributed by atoms with Crippen LogP contribution in [0, 0.1) is 0 Å². The van der Waals surface area contributed by atoms with Crippen LogP contribution in [0.4, 0.5) is 0 Å². The second-order valence-electron chi connectivity index (χ2n) is 6.34. The maximum atomic E-state index is 12.4. The summed E-state index contributed by atoms with van der Waals surface area (Å²) in [5.41, 5.74) is 5.55. The molecule has 1 aliphatic heterocycles. The van der Waals surface area contributed by atoms with E-state index in [2.05, 4.69) is 0 Å². The SMILES string of the molecule is C[C@@H](OC(C)(C)C)[C@H](N)C(=O)N1CCCC[C@H]1C(=O)O. The maximum absolute atomic E-state index is 12.4. The number of nitrogens with two attached hydrogens (primary N) is 1. The Labute approximate surface area is 120 Å². The van der Waals surface area contributed by atoms with E-state index in [0.717, 1.165) is 12.8 Å². The summed E-state index contributed by atoms with van der Waals surface area (Å²) < 4.78 is 5.69. The van der Waals surface area contributed by atoms with Crippen LogP contribution in [0.15, 0.2) is 0 Å². The van der Waals surface area contributed by atoms with E-state index in [1.165, 1.54) is 4.90 Å². The monoisotopic (exact) mass is 286 g/mol. The van der Waals surface area contributed by atoms with Gasteiger partial charge >= 0.3 is 5.97 Å². The van der Waals surface area contributed by atoms with E-state index in [1.54, 1.807) is 6.92 Å². The molecule has 0 aromatic carbocycles. The number of carbonyl (C=O) groups excluding carboxylic acids is 1. The van der Waals surface area contributed by atoms with Crippen LogP contribution in [0.2, 0.25) is 0 Å². The maximum Gasteiger partial charge on any atom is 0.326 e. The first-order valence-electron chi connectivity index (χ1n) is 7.10. The number of hydrogen-bond acceptors (Lipinski definition) is 4. The largest absolute Gasteiger partial charge is 0.480 e. The summed E-state index contributed by atoms with van der Waals surface area (Å²) in [5, 5.41) is 9.20. The van der Waals surface area contributed by atoms with Crippen molar-refractivity contribution in [1.29, 1.82) is 0 Å². The molecule has 1 fully saturated rings. The molecular formula is C14H26N2O4. The van der Waals surface area contributed by atoms with Crippen LogP contribution >= 0.6 is 0 Å². The van der Waals surface area contributed by atoms with Gasteiger partial charge in [-0.25, -0.2) is 4.79 Å². The number of nitrogens with zero attached hydrogens (tertiary/aromatic N) is 1. The van der Waals surface area contributed by atoms with Crippen molar-refractivity contribution in [2.24, 2.45) is 5.73 Å². The summed E-state index contributed by atoms with van der Waals surface area (Å²) in [6.07, 6.45) is 1.67. The van der Waals surface area contributed by atoms with E-state index in [1.807, 2.05) is 20.8 Å². The minimum Gasteiger partial charge on any atom is -0.480 e. The molecule has 1 rings (SSSR count). The quantitative estimate of drug-likeness (QED) is 0.803. The van der Waals surface area contributed by atoms with Gasteiger partial charge in [-0.15, -0.1) is 0 Å². The number of hydrogen-bond donors (Lipinski definition) is 2. The van der Waals surface area contributed by atoms with Gasteiger partial charge in [0.1, 0.15) is 12.1 Å². The zero-order valence-electron chi connectivity index (χ0n) is 12.8. The summed E-state index contributed by atoms with van der Waals surface area (Å²) in [6, 6.07) is -1.60. The third-order valence-corrected chi connectivity index (χ3v) is 3.40. The second kappa shape index (κ2) is 6.54. The zero-order chi connectivity index (χ0) is 15.5. The lowest BCUT2D eigenvalue weighted by molar-refractivity contribution is -0.155. The Morgan fingerprint density at radius 2 is 1.95 bits per heavy atom. The minimum absolute atomic E-state index is 0.339. The molecule has 20 heavy (non-hydrogen) atoms. The minimum atomic E-state index is -0.963. The molecule has 0 bridgehead atoms. The third-order valence-electron chi connectivity index (χ3n) is 3.40. The van der Waals surface area contributed by atoms with Crippen LogP contribution in [-0.2, 0) is 14.3 Å². The predicted octanol–water partition coefficient (Wildman–Crippen LogP) is 0.983. The first-order valence-corrected chi connectivity index (χ1v) is 7.10. The predicted molar refractivity (Wildman–Crippen MR) is 75.3 cm³/mol. The molecule has 1 amide bonds. The van der Waals surface area contributed by atoms with Gasteiger partial charge in [0, 0.05) is 6.54 Å². The number of amides is 1. The summed E-state index contributed by atoms with van der Waals surface area (Å²) in [7, 11) is 0. The highest BCUT2D eigenvalue weighted by Crippen LogP contribution is 2.20. The third kappa shape index (κ3) is 4.45. The number of aliphatic carboxylic acids is 1. The number of carboxylic acid groups (broad SMARTS) is 1. The molecule has 116 valence electrons. The van der Waals surface area contributed by atoms with Gasteiger partial charge in [-0.05, 0) is 47.0 Å². The van der Waals surface area contributed by atoms with Crippen molar-refractivity contribution in [2.75, 3.05) is 6.54 Å². The van der Waals surface area contributed by atoms with Crippen molar-refractivity contribution < 1.29 is 19.4 Å². The van der Waals surface area contributed by atoms with Crippen molar-refractivity contribution in [2.45, 2.75) is 70.7 Å². The number of ether oxygens (including phenoxy) is 1. The Hall–Kier alpha value is -1.14. The van der Waals surface area contributed by atoms with Crippen LogP contribution in [0.1, 0.15) is 47.0 Å². The van der Waals surface area contributed by atoms with E-state index in [9.17, 15) is 14.7 Å². The summed E-state index contributed by atoms with van der Waals surface area (Å²) in [5.74, 6) is -1.30. The summed E-state index contributed by atoms with van der Waals surface area (Å²) in [6.45, 7) is 7.87. The number of rotatable bonds is 4. The molecule has 0 saturated carbocycles. The average Bonchev–Trinajstić information content (AvgIpc) is 2.34. The van der Waals surface area contributed by atoms with Gasteiger partial charge in [-0.2, -0.15) is 0 Å². The van der Waals surface area contributed by atoms with Gasteiger partial charge in [0.2, 0.25) is 5.91 Å². The van der Waals surface area contributed by atoms with Gasteiger partial charge in [-0.1, -0.05) is 0 Å². The van der Waals surface area contributed by atoms with Crippen LogP contribution in [0.5, 0.6) is 0 Å². The van der Waals surface area contributed by atoms with Gasteiger partial charge in [-0.3, -0.25) is 4.79 Å². The first kappa shape index (κ1) is 16.9. The van der Waals surface area contributed by atoms with E-state index >= 15 is 0 Å². The van der Waals surface area contributed by atoms with Gasteiger partial charge < -0.3 is 20.5 Å². The smallest absolute Gasteiger partial charge is 0.326 e. The second-order valence-corrected chi connectivity index (χ2v) is 6.34. The molecule has 0 unspecified atom stereocenters. The molecule has 0 aromatic heterocycles. The highest BCUT2D eigenvalue weighted by Gasteiger charge is 2.36. The van der Waals surface area contributed by atoms with E-state index < -0.39 is 29.8 Å². The molecule has 1 heterocycles. The van der Waals surface area contributed by atoms with Crippen molar-refractivity contribution in [3.63, 3.8) is 0 Å². The molecule has 0 aliphatic carbocycles. The average molecular weight is 286 g/mol. The molecule has 1 aliphatic rings. The fraction of sp³-hybridized carbons (Fsp3) is 0.857. The Morgan fingerprint density at radius 3 is 2.45 bits per heavy atom. The Bertz CT molecular complexity index is 365. The van der Waals surface area contributed by atoms with Crippen molar-refractivity contribution in [3.05, 3.63) is 0 Å². The first-order chi connectivity index (χ1) is 9.13. The standard InChI is InChI=1S/C14H26N2O4/c1-9(20-14(2,3)4)11(15)12(17)16-8-6-5-7-10(16)13(18)19/h9-11H,5-8,15H2,1-4H3,(H,18,19)/t9-,10+,11+/m1/s1. The number of likely N-dealkylation sites (tertiary alicyclic amines) is 1. The van der Waals surface area contributed by atoms with E-state index in [-0.39, 0.29) is 5.91 Å². The number of piperidine rings is 1. The van der Waals surface area contributed by atoms with Crippen LogP contribution in [0.25, 0.3) is 0 Å². The molecule has 6 nitrogen and oxygen atoms in total. The summed E-state index contributed by atoms with van der Waals surface area (Å²) >= 11 is 0. The van der Waals surface area contributed by atoms with Crippen LogP contribution in [-0.4, -0.2) is 52.2 Å². The molecule has 0 aromatic rings. The molecule has 6 heteroatoms. The lowest BCUT2D eigenvalue weighted by atomic mass is 10.00. The number of carboxylic acids is 1. The fourth-order valence-corrected chi connectivity index (χ4v) is 2.48. The molecule has 1 saturated heterocycles. The van der Waals surface area contributed by atoms with E-state index in [4.69, 9.17) is 10.5 Å². The fourth-order valence-electron chi connectivity index (χ4n) is 2.48. The Kier molecular flexibility index (Phi) is 5.53. The lowest BCUT2D eigenvalue weighted by Gasteiger charge is -2.36. The highest BCUT2D eigenvalue weighted by atomic mass is 16.5. The topological polar surface area (TPSA) is 92.9 Å². The number of carbonyl (C=O) groups is 2. The van der Waals surface area contributed by atoms with E-state index in [0.29, 0.717) is 13.0 Å². The van der Waals surface area contributed by atoms with Crippen molar-refractivity contribution in [3.8, 4) is 0 Å². The van der Waals surface area contributed by atoms with Crippen LogP contribution < -0.4 is 5.73 Å².